The van der Waals surface area contributed by atoms with Gasteiger partial charge in [-0.05, 0) is 48.6 Å². The Balaban J connectivity index is 1.58. The van der Waals surface area contributed by atoms with Crippen molar-refractivity contribution < 1.29 is 14.6 Å². The minimum atomic E-state index is -0.194. The molecule has 29 heavy (non-hydrogen) atoms. The lowest BCUT2D eigenvalue weighted by molar-refractivity contribution is 0.0443. The molecular weight excluding hydrogens is 364 g/mol. The zero-order valence-electron chi connectivity index (χ0n) is 17.7. The van der Waals surface area contributed by atoms with Crippen LogP contribution in [0, 0.1) is 6.92 Å². The van der Waals surface area contributed by atoms with Gasteiger partial charge in [0.2, 0.25) is 0 Å². The van der Waals surface area contributed by atoms with Gasteiger partial charge in [0, 0.05) is 38.3 Å². The number of piperazine rings is 1. The van der Waals surface area contributed by atoms with Gasteiger partial charge in [0.25, 0.3) is 0 Å². The Kier molecular flexibility index (Phi) is 6.09. The zero-order valence-corrected chi connectivity index (χ0v) is 17.7. The van der Waals surface area contributed by atoms with Crippen LogP contribution in [0.15, 0.2) is 42.5 Å². The predicted octanol–water partition coefficient (Wildman–Crippen LogP) is 2.87. The van der Waals surface area contributed by atoms with E-state index >= 15 is 0 Å². The number of aryl methyl sites for hydroxylation is 1. The Labute approximate surface area is 173 Å². The van der Waals surface area contributed by atoms with Crippen molar-refractivity contribution in [2.24, 2.45) is 0 Å². The number of hydrogen-bond acceptors (Lipinski definition) is 5. The Morgan fingerprint density at radius 3 is 2.45 bits per heavy atom. The average molecular weight is 397 g/mol. The lowest BCUT2D eigenvalue weighted by Crippen LogP contribution is -2.56. The Morgan fingerprint density at radius 2 is 1.72 bits per heavy atom. The van der Waals surface area contributed by atoms with E-state index in [0.29, 0.717) is 12.1 Å². The molecule has 2 fully saturated rings. The van der Waals surface area contributed by atoms with E-state index < -0.39 is 0 Å². The molecule has 2 heterocycles. The molecule has 0 aromatic heterocycles. The van der Waals surface area contributed by atoms with E-state index in [4.69, 9.17) is 9.47 Å². The summed E-state index contributed by atoms with van der Waals surface area (Å²) in [5, 5.41) is 10.2. The summed E-state index contributed by atoms with van der Waals surface area (Å²) < 4.78 is 11.0. The first-order valence-electron chi connectivity index (χ1n) is 10.5. The van der Waals surface area contributed by atoms with Gasteiger partial charge in [0.05, 0.1) is 20.3 Å². The monoisotopic (exact) mass is 396 g/mol. The highest BCUT2D eigenvalue weighted by atomic mass is 16.5. The summed E-state index contributed by atoms with van der Waals surface area (Å²) >= 11 is 0. The molecule has 0 saturated carbocycles. The Bertz CT molecular complexity index is 826. The van der Waals surface area contributed by atoms with Crippen LogP contribution in [0.3, 0.4) is 0 Å². The van der Waals surface area contributed by atoms with Crippen molar-refractivity contribution in [1.29, 1.82) is 0 Å². The molecule has 1 N–H and O–H groups in total. The third kappa shape index (κ3) is 4.42. The van der Waals surface area contributed by atoms with Crippen LogP contribution < -0.4 is 9.47 Å². The second kappa shape index (κ2) is 8.74. The highest BCUT2D eigenvalue weighted by Gasteiger charge is 2.39. The second-order valence-corrected chi connectivity index (χ2v) is 8.40. The van der Waals surface area contributed by atoms with Crippen LogP contribution >= 0.6 is 0 Å². The predicted molar refractivity (Wildman–Crippen MR) is 115 cm³/mol. The SMILES string of the molecule is COc1cc(C)c(CN2C[C@@H]3C[C@@H](O)CN3C[C@@H]2Cc2ccccc2)cc1OC. The molecule has 4 rings (SSSR count). The summed E-state index contributed by atoms with van der Waals surface area (Å²) in [5.74, 6) is 1.56. The number of ether oxygens (including phenoxy) is 2. The molecule has 0 amide bonds. The fourth-order valence-electron chi connectivity index (χ4n) is 4.86. The van der Waals surface area contributed by atoms with E-state index in [1.54, 1.807) is 14.2 Å². The molecule has 0 aliphatic carbocycles. The molecule has 2 aliphatic rings. The first kappa shape index (κ1) is 20.2. The maximum Gasteiger partial charge on any atom is 0.161 e. The molecule has 2 aromatic rings. The molecule has 5 heteroatoms. The average Bonchev–Trinajstić information content (AvgIpc) is 3.08. The molecule has 0 bridgehead atoms. The number of aliphatic hydroxyl groups excluding tert-OH is 1. The molecule has 0 radical (unpaired) electrons. The topological polar surface area (TPSA) is 45.2 Å². The maximum atomic E-state index is 10.2. The van der Waals surface area contributed by atoms with Crippen molar-refractivity contribution in [3.05, 3.63) is 59.2 Å². The number of hydrogen-bond donors (Lipinski definition) is 1. The van der Waals surface area contributed by atoms with Gasteiger partial charge in [-0.1, -0.05) is 30.3 Å². The number of aliphatic hydroxyl groups is 1. The number of rotatable bonds is 6. The van der Waals surface area contributed by atoms with Gasteiger partial charge in [0.1, 0.15) is 0 Å². The number of benzene rings is 2. The van der Waals surface area contributed by atoms with Crippen LogP contribution in [0.25, 0.3) is 0 Å². The fraction of sp³-hybridized carbons (Fsp3) is 0.500. The van der Waals surface area contributed by atoms with E-state index in [1.807, 2.05) is 0 Å². The summed E-state index contributed by atoms with van der Waals surface area (Å²) in [4.78, 5) is 5.08. The van der Waals surface area contributed by atoms with Gasteiger partial charge in [-0.25, -0.2) is 0 Å². The van der Waals surface area contributed by atoms with Crippen LogP contribution in [0.4, 0.5) is 0 Å². The van der Waals surface area contributed by atoms with E-state index in [-0.39, 0.29) is 6.10 Å². The number of nitrogens with zero attached hydrogens (tertiary/aromatic N) is 2. The van der Waals surface area contributed by atoms with Gasteiger partial charge >= 0.3 is 0 Å². The van der Waals surface area contributed by atoms with Crippen molar-refractivity contribution >= 4 is 0 Å². The molecule has 2 aromatic carbocycles. The highest BCUT2D eigenvalue weighted by molar-refractivity contribution is 5.47. The quantitative estimate of drug-likeness (QED) is 0.814. The lowest BCUT2D eigenvalue weighted by atomic mass is 9.98. The van der Waals surface area contributed by atoms with E-state index in [1.165, 1.54) is 16.7 Å². The summed E-state index contributed by atoms with van der Waals surface area (Å²) in [6.07, 6.45) is 1.70. The Morgan fingerprint density at radius 1 is 1.00 bits per heavy atom. The summed E-state index contributed by atoms with van der Waals surface area (Å²) in [7, 11) is 3.37. The largest absolute Gasteiger partial charge is 0.493 e. The van der Waals surface area contributed by atoms with Crippen molar-refractivity contribution in [2.75, 3.05) is 33.9 Å². The molecule has 0 spiro atoms. The number of fused-ring (bicyclic) bond motifs is 1. The minimum Gasteiger partial charge on any atom is -0.493 e. The van der Waals surface area contributed by atoms with Gasteiger partial charge in [-0.15, -0.1) is 0 Å². The van der Waals surface area contributed by atoms with Crippen molar-refractivity contribution in [3.8, 4) is 11.5 Å². The molecule has 2 saturated heterocycles. The maximum absolute atomic E-state index is 10.2. The van der Waals surface area contributed by atoms with E-state index in [0.717, 1.165) is 50.5 Å². The first-order valence-corrected chi connectivity index (χ1v) is 10.5. The van der Waals surface area contributed by atoms with Gasteiger partial charge in [-0.2, -0.15) is 0 Å². The Hall–Kier alpha value is -2.08. The van der Waals surface area contributed by atoms with Crippen LogP contribution in [-0.2, 0) is 13.0 Å². The summed E-state index contributed by atoms with van der Waals surface area (Å²) in [5.41, 5.74) is 3.85. The van der Waals surface area contributed by atoms with Crippen LogP contribution in [-0.4, -0.2) is 66.9 Å². The standard InChI is InChI=1S/C24H32N2O3/c1-17-9-23(28-2)24(29-3)11-19(17)13-25-15-21-12-22(27)16-26(21)14-20(25)10-18-7-5-4-6-8-18/h4-9,11,20-22,27H,10,12-16H2,1-3H3/t20-,21-,22+/m0/s1. The van der Waals surface area contributed by atoms with E-state index in [9.17, 15) is 5.11 Å². The number of methoxy groups -OCH3 is 2. The fourth-order valence-corrected chi connectivity index (χ4v) is 4.86. The van der Waals surface area contributed by atoms with Crippen molar-refractivity contribution in [2.45, 2.75) is 44.5 Å². The lowest BCUT2D eigenvalue weighted by Gasteiger charge is -2.44. The van der Waals surface area contributed by atoms with Crippen molar-refractivity contribution in [1.82, 2.24) is 9.80 Å². The second-order valence-electron chi connectivity index (χ2n) is 8.40. The molecule has 3 atom stereocenters. The highest BCUT2D eigenvalue weighted by Crippen LogP contribution is 2.33. The van der Waals surface area contributed by atoms with E-state index in [2.05, 4.69) is 59.2 Å². The smallest absolute Gasteiger partial charge is 0.161 e. The van der Waals surface area contributed by atoms with Crippen LogP contribution in [0.5, 0.6) is 11.5 Å². The van der Waals surface area contributed by atoms with Gasteiger partial charge in [-0.3, -0.25) is 9.80 Å². The van der Waals surface area contributed by atoms with Gasteiger partial charge in [0.15, 0.2) is 11.5 Å². The minimum absolute atomic E-state index is 0.194. The third-order valence-electron chi connectivity index (χ3n) is 6.44. The third-order valence-corrected chi connectivity index (χ3v) is 6.44. The summed E-state index contributed by atoms with van der Waals surface area (Å²) in [6, 6.07) is 15.8. The van der Waals surface area contributed by atoms with Crippen LogP contribution in [0.1, 0.15) is 23.1 Å². The van der Waals surface area contributed by atoms with Crippen LogP contribution in [0.2, 0.25) is 0 Å². The van der Waals surface area contributed by atoms with Crippen molar-refractivity contribution in [3.63, 3.8) is 0 Å². The van der Waals surface area contributed by atoms with Gasteiger partial charge < -0.3 is 14.6 Å². The first-order chi connectivity index (χ1) is 14.1. The molecule has 156 valence electrons. The molecule has 5 nitrogen and oxygen atoms in total. The summed E-state index contributed by atoms with van der Waals surface area (Å²) in [6.45, 7) is 5.81. The molecule has 2 aliphatic heterocycles. The zero-order chi connectivity index (χ0) is 20.4. The molecular formula is C24H32N2O3. The normalized spacial score (nSPS) is 25.0. The molecule has 0 unspecified atom stereocenters.